The predicted molar refractivity (Wildman–Crippen MR) is 99.6 cm³/mol. The van der Waals surface area contributed by atoms with Crippen LogP contribution < -0.4 is 10.6 Å². The van der Waals surface area contributed by atoms with Crippen molar-refractivity contribution in [2.45, 2.75) is 20.8 Å². The molecule has 5 nitrogen and oxygen atoms in total. The molecule has 0 aliphatic rings. The third-order valence-electron chi connectivity index (χ3n) is 3.83. The van der Waals surface area contributed by atoms with Crippen LogP contribution in [0.3, 0.4) is 0 Å². The molecule has 2 N–H and O–H groups in total. The number of furan rings is 1. The van der Waals surface area contributed by atoms with E-state index in [0.717, 1.165) is 22.4 Å². The summed E-state index contributed by atoms with van der Waals surface area (Å²) in [4.78, 5) is 25.2. The minimum atomic E-state index is -0.340. The number of nitrogens with one attached hydrogen (secondary N) is 2. The van der Waals surface area contributed by atoms with E-state index in [9.17, 15) is 9.59 Å². The Labute approximate surface area is 149 Å². The number of benzene rings is 1. The Kier molecular flexibility index (Phi) is 4.72. The van der Waals surface area contributed by atoms with E-state index in [-0.39, 0.29) is 17.6 Å². The SMILES string of the molecule is Cc1cc(NC(=O)c2ccco2)sc1C(=O)Nc1c(C)cccc1C. The van der Waals surface area contributed by atoms with Gasteiger partial charge in [-0.05, 0) is 55.7 Å². The normalized spacial score (nSPS) is 10.5. The van der Waals surface area contributed by atoms with E-state index in [4.69, 9.17) is 4.42 Å². The molecule has 0 radical (unpaired) electrons. The van der Waals surface area contributed by atoms with Crippen LogP contribution in [0.25, 0.3) is 0 Å². The van der Waals surface area contributed by atoms with Crippen LogP contribution in [0.15, 0.2) is 47.1 Å². The van der Waals surface area contributed by atoms with Gasteiger partial charge in [-0.3, -0.25) is 9.59 Å². The second-order valence-corrected chi connectivity index (χ2v) is 6.83. The molecule has 1 aromatic carbocycles. The van der Waals surface area contributed by atoms with Gasteiger partial charge >= 0.3 is 0 Å². The predicted octanol–water partition coefficient (Wildman–Crippen LogP) is 4.77. The van der Waals surface area contributed by atoms with Gasteiger partial charge in [-0.2, -0.15) is 0 Å². The van der Waals surface area contributed by atoms with Crippen LogP contribution >= 0.6 is 11.3 Å². The van der Waals surface area contributed by atoms with Gasteiger partial charge in [0.25, 0.3) is 11.8 Å². The van der Waals surface area contributed by atoms with Gasteiger partial charge in [0.1, 0.15) is 0 Å². The molecular weight excluding hydrogens is 336 g/mol. The second kappa shape index (κ2) is 6.94. The van der Waals surface area contributed by atoms with Gasteiger partial charge in [-0.1, -0.05) is 18.2 Å². The molecule has 2 heterocycles. The summed E-state index contributed by atoms with van der Waals surface area (Å²) in [7, 11) is 0. The highest BCUT2D eigenvalue weighted by atomic mass is 32.1. The Morgan fingerprint density at radius 1 is 0.920 bits per heavy atom. The molecule has 0 atom stereocenters. The van der Waals surface area contributed by atoms with Crippen molar-refractivity contribution < 1.29 is 14.0 Å². The zero-order valence-corrected chi connectivity index (χ0v) is 15.0. The van der Waals surface area contributed by atoms with Gasteiger partial charge in [0.15, 0.2) is 5.76 Å². The van der Waals surface area contributed by atoms with E-state index in [0.29, 0.717) is 9.88 Å². The molecule has 0 aliphatic heterocycles. The lowest BCUT2D eigenvalue weighted by Gasteiger charge is -2.11. The van der Waals surface area contributed by atoms with Crippen molar-refractivity contribution in [2.24, 2.45) is 0 Å². The summed E-state index contributed by atoms with van der Waals surface area (Å²) in [5.41, 5.74) is 3.65. The van der Waals surface area contributed by atoms with Crippen molar-refractivity contribution >= 4 is 33.8 Å². The molecule has 2 amide bonds. The lowest BCUT2D eigenvalue weighted by atomic mass is 10.1. The third kappa shape index (κ3) is 3.64. The Balaban J connectivity index is 1.78. The average molecular weight is 354 g/mol. The number of hydrogen-bond acceptors (Lipinski definition) is 4. The first kappa shape index (κ1) is 17.0. The maximum atomic E-state index is 12.6. The molecule has 0 spiro atoms. The van der Waals surface area contributed by atoms with Gasteiger partial charge in [0.05, 0.1) is 16.1 Å². The molecule has 0 unspecified atom stereocenters. The second-order valence-electron chi connectivity index (χ2n) is 5.78. The maximum Gasteiger partial charge on any atom is 0.291 e. The fraction of sp³-hybridized carbons (Fsp3) is 0.158. The number of hydrogen-bond donors (Lipinski definition) is 2. The fourth-order valence-corrected chi connectivity index (χ4v) is 3.50. The summed E-state index contributed by atoms with van der Waals surface area (Å²) in [6, 6.07) is 10.9. The van der Waals surface area contributed by atoms with Crippen molar-refractivity contribution in [1.82, 2.24) is 0 Å². The molecule has 0 bridgehead atoms. The van der Waals surface area contributed by atoms with Crippen molar-refractivity contribution in [1.29, 1.82) is 0 Å². The largest absolute Gasteiger partial charge is 0.459 e. The van der Waals surface area contributed by atoms with Crippen LogP contribution in [0, 0.1) is 20.8 Å². The monoisotopic (exact) mass is 354 g/mol. The fourth-order valence-electron chi connectivity index (χ4n) is 2.53. The highest BCUT2D eigenvalue weighted by molar-refractivity contribution is 7.18. The van der Waals surface area contributed by atoms with Crippen molar-refractivity contribution in [3.05, 3.63) is 70.0 Å². The lowest BCUT2D eigenvalue weighted by Crippen LogP contribution is -2.13. The van der Waals surface area contributed by atoms with Gasteiger partial charge in [0.2, 0.25) is 0 Å². The molecule has 128 valence electrons. The lowest BCUT2D eigenvalue weighted by molar-refractivity contribution is 0.0995. The Morgan fingerprint density at radius 2 is 1.64 bits per heavy atom. The number of amides is 2. The zero-order chi connectivity index (χ0) is 18.0. The molecule has 0 aliphatic carbocycles. The Hall–Kier alpha value is -2.86. The minimum absolute atomic E-state index is 0.182. The Morgan fingerprint density at radius 3 is 2.28 bits per heavy atom. The van der Waals surface area contributed by atoms with Crippen LogP contribution in [0.4, 0.5) is 10.7 Å². The van der Waals surface area contributed by atoms with E-state index in [1.807, 2.05) is 39.0 Å². The molecule has 0 saturated heterocycles. The van der Waals surface area contributed by atoms with E-state index in [1.54, 1.807) is 18.2 Å². The van der Waals surface area contributed by atoms with Crippen LogP contribution in [0.2, 0.25) is 0 Å². The van der Waals surface area contributed by atoms with Crippen LogP contribution in [0.1, 0.15) is 36.9 Å². The number of thiophene rings is 1. The molecule has 3 aromatic rings. The van der Waals surface area contributed by atoms with E-state index >= 15 is 0 Å². The van der Waals surface area contributed by atoms with Gasteiger partial charge < -0.3 is 15.1 Å². The highest BCUT2D eigenvalue weighted by Crippen LogP contribution is 2.29. The first-order valence-corrected chi connectivity index (χ1v) is 8.60. The van der Waals surface area contributed by atoms with Gasteiger partial charge in [-0.25, -0.2) is 0 Å². The number of aryl methyl sites for hydroxylation is 3. The topological polar surface area (TPSA) is 71.3 Å². The van der Waals surface area contributed by atoms with Gasteiger partial charge in [-0.15, -0.1) is 11.3 Å². The number of anilines is 2. The number of carbonyl (C=O) groups is 2. The van der Waals surface area contributed by atoms with Crippen molar-refractivity contribution in [3.8, 4) is 0 Å². The highest BCUT2D eigenvalue weighted by Gasteiger charge is 2.17. The molecular formula is C19H18N2O3S. The summed E-state index contributed by atoms with van der Waals surface area (Å²) in [5.74, 6) is -0.293. The van der Waals surface area contributed by atoms with E-state index in [1.165, 1.54) is 17.6 Å². The summed E-state index contributed by atoms with van der Waals surface area (Å²) in [5, 5.41) is 6.33. The van der Waals surface area contributed by atoms with Crippen LogP contribution in [-0.4, -0.2) is 11.8 Å². The van der Waals surface area contributed by atoms with Crippen molar-refractivity contribution in [3.63, 3.8) is 0 Å². The van der Waals surface area contributed by atoms with Crippen LogP contribution in [-0.2, 0) is 0 Å². The number of para-hydroxylation sites is 1. The molecule has 6 heteroatoms. The van der Waals surface area contributed by atoms with Gasteiger partial charge in [0, 0.05) is 5.69 Å². The van der Waals surface area contributed by atoms with Crippen molar-refractivity contribution in [2.75, 3.05) is 10.6 Å². The van der Waals surface area contributed by atoms with E-state index < -0.39 is 0 Å². The third-order valence-corrected chi connectivity index (χ3v) is 4.98. The molecule has 2 aromatic heterocycles. The number of carbonyl (C=O) groups excluding carboxylic acids is 2. The first-order chi connectivity index (χ1) is 12.0. The summed E-state index contributed by atoms with van der Waals surface area (Å²) < 4.78 is 5.07. The number of rotatable bonds is 4. The minimum Gasteiger partial charge on any atom is -0.459 e. The van der Waals surface area contributed by atoms with E-state index in [2.05, 4.69) is 10.6 Å². The molecule has 25 heavy (non-hydrogen) atoms. The Bertz CT molecular complexity index is 906. The average Bonchev–Trinajstić information content (AvgIpc) is 3.21. The summed E-state index contributed by atoms with van der Waals surface area (Å²) >= 11 is 1.24. The zero-order valence-electron chi connectivity index (χ0n) is 14.2. The first-order valence-electron chi connectivity index (χ1n) is 7.78. The molecule has 3 rings (SSSR count). The van der Waals surface area contributed by atoms with Crippen LogP contribution in [0.5, 0.6) is 0 Å². The summed E-state index contributed by atoms with van der Waals surface area (Å²) in [6.45, 7) is 5.76. The smallest absolute Gasteiger partial charge is 0.291 e. The summed E-state index contributed by atoms with van der Waals surface area (Å²) in [6.07, 6.45) is 1.44. The molecule has 0 saturated carbocycles. The molecule has 0 fully saturated rings. The quantitative estimate of drug-likeness (QED) is 0.709. The standard InChI is InChI=1S/C19H18N2O3S/c1-11-6-4-7-12(2)16(11)21-19(23)17-13(3)10-15(25-17)20-18(22)14-8-5-9-24-14/h4-10H,1-3H3,(H,20,22)(H,21,23). The maximum absolute atomic E-state index is 12.6.